The van der Waals surface area contributed by atoms with Crippen LogP contribution in [0.1, 0.15) is 75.6 Å². The molecule has 2 unspecified atom stereocenters. The summed E-state index contributed by atoms with van der Waals surface area (Å²) < 4.78 is 0. The Hall–Kier alpha value is -3.83. The summed E-state index contributed by atoms with van der Waals surface area (Å²) in [5, 5.41) is 9.35. The molecule has 2 aliphatic carbocycles. The van der Waals surface area contributed by atoms with Gasteiger partial charge in [-0.3, -0.25) is 0 Å². The van der Waals surface area contributed by atoms with Crippen LogP contribution in [0.2, 0.25) is 0 Å². The summed E-state index contributed by atoms with van der Waals surface area (Å²) in [7, 11) is 0. The Balaban J connectivity index is 1.37. The van der Waals surface area contributed by atoms with Crippen molar-refractivity contribution in [2.45, 2.75) is 69.7 Å². The normalized spacial score (nSPS) is 24.2. The maximum Gasteiger partial charge on any atom is 0.0991 e. The quantitative estimate of drug-likeness (QED) is 0.278. The average molecular weight is 495 g/mol. The molecule has 3 aliphatic rings. The zero-order valence-corrected chi connectivity index (χ0v) is 22.8. The van der Waals surface area contributed by atoms with Gasteiger partial charge in [0.1, 0.15) is 0 Å². The van der Waals surface area contributed by atoms with Gasteiger partial charge in [0, 0.05) is 22.2 Å². The van der Waals surface area contributed by atoms with Crippen LogP contribution >= 0.6 is 0 Å². The molecule has 4 aromatic carbocycles. The van der Waals surface area contributed by atoms with Gasteiger partial charge in [0.25, 0.3) is 0 Å². The number of fused-ring (bicyclic) bond motifs is 6. The van der Waals surface area contributed by atoms with E-state index < -0.39 is 0 Å². The minimum Gasteiger partial charge on any atom is -0.334 e. The van der Waals surface area contributed by atoms with Crippen molar-refractivity contribution in [2.75, 3.05) is 4.90 Å². The maximum absolute atomic E-state index is 9.35. The number of hydrogen-bond acceptors (Lipinski definition) is 2. The van der Waals surface area contributed by atoms with Gasteiger partial charge < -0.3 is 4.90 Å². The standard InChI is InChI=1S/C36H34N2/c1-34(2)30-10-6-5-9-28(30)29-17-13-25(21-31(29)34)26-14-18-33-32(22-26)35(3)19-7-8-20-36(35,4)38(33)27-15-11-24(23-37)12-16-27/h5-6,9-18,21-22H,7-8,19-20H2,1-4H3. The molecular formula is C36H34N2. The molecule has 0 N–H and O–H groups in total. The van der Waals surface area contributed by atoms with E-state index in [-0.39, 0.29) is 16.4 Å². The zero-order valence-electron chi connectivity index (χ0n) is 22.8. The molecule has 4 aromatic rings. The van der Waals surface area contributed by atoms with E-state index in [4.69, 9.17) is 0 Å². The summed E-state index contributed by atoms with van der Waals surface area (Å²) in [5.41, 5.74) is 12.9. The topological polar surface area (TPSA) is 27.0 Å². The number of nitrogens with zero attached hydrogens (tertiary/aromatic N) is 2. The second-order valence-electron chi connectivity index (χ2n) is 12.5. The van der Waals surface area contributed by atoms with Gasteiger partial charge in [-0.05, 0) is 101 Å². The summed E-state index contributed by atoms with van der Waals surface area (Å²) in [6, 6.07) is 33.5. The van der Waals surface area contributed by atoms with E-state index in [1.54, 1.807) is 0 Å². The zero-order chi connectivity index (χ0) is 26.3. The van der Waals surface area contributed by atoms with Crippen molar-refractivity contribution in [1.29, 1.82) is 5.26 Å². The molecule has 1 aliphatic heterocycles. The molecule has 2 heteroatoms. The van der Waals surface area contributed by atoms with Crippen molar-refractivity contribution in [2.24, 2.45) is 0 Å². The van der Waals surface area contributed by atoms with Crippen LogP contribution in [-0.4, -0.2) is 5.54 Å². The summed E-state index contributed by atoms with van der Waals surface area (Å²) in [4.78, 5) is 2.58. The molecule has 2 atom stereocenters. The number of nitriles is 1. The van der Waals surface area contributed by atoms with E-state index in [2.05, 4.69) is 111 Å². The molecule has 0 amide bonds. The number of rotatable bonds is 2. The largest absolute Gasteiger partial charge is 0.334 e. The molecular weight excluding hydrogens is 460 g/mol. The first-order chi connectivity index (χ1) is 18.3. The molecule has 0 spiro atoms. The second-order valence-corrected chi connectivity index (χ2v) is 12.5. The molecule has 0 aromatic heterocycles. The Labute approximate surface area is 226 Å². The van der Waals surface area contributed by atoms with Crippen LogP contribution in [-0.2, 0) is 10.8 Å². The minimum absolute atomic E-state index is 0.00102. The first-order valence-electron chi connectivity index (χ1n) is 14.0. The Bertz CT molecular complexity index is 1640. The van der Waals surface area contributed by atoms with E-state index in [9.17, 15) is 5.26 Å². The molecule has 0 bridgehead atoms. The van der Waals surface area contributed by atoms with E-state index in [0.717, 1.165) is 0 Å². The van der Waals surface area contributed by atoms with Crippen LogP contribution in [0.4, 0.5) is 11.4 Å². The molecule has 1 fully saturated rings. The van der Waals surface area contributed by atoms with Gasteiger partial charge in [-0.1, -0.05) is 76.1 Å². The summed E-state index contributed by atoms with van der Waals surface area (Å²) in [5.74, 6) is 0. The van der Waals surface area contributed by atoms with Crippen molar-refractivity contribution in [3.05, 3.63) is 107 Å². The van der Waals surface area contributed by atoms with Crippen molar-refractivity contribution in [1.82, 2.24) is 0 Å². The maximum atomic E-state index is 9.35. The molecule has 1 heterocycles. The summed E-state index contributed by atoms with van der Waals surface area (Å²) >= 11 is 0. The third-order valence-electron chi connectivity index (χ3n) is 10.3. The van der Waals surface area contributed by atoms with Crippen molar-refractivity contribution < 1.29 is 0 Å². The Morgan fingerprint density at radius 2 is 1.34 bits per heavy atom. The van der Waals surface area contributed by atoms with Crippen molar-refractivity contribution in [3.8, 4) is 28.3 Å². The first kappa shape index (κ1) is 23.3. The van der Waals surface area contributed by atoms with Gasteiger partial charge in [-0.25, -0.2) is 0 Å². The Morgan fingerprint density at radius 1 is 0.684 bits per heavy atom. The van der Waals surface area contributed by atoms with Crippen LogP contribution in [0, 0.1) is 11.3 Å². The predicted molar refractivity (Wildman–Crippen MR) is 157 cm³/mol. The third kappa shape index (κ3) is 2.94. The SMILES string of the molecule is CC1(C)c2ccccc2-c2ccc(-c3ccc4c(c3)C3(C)CCCCC3(C)N4c3ccc(C#N)cc3)cc21. The highest BCUT2D eigenvalue weighted by molar-refractivity contribution is 5.85. The van der Waals surface area contributed by atoms with Crippen LogP contribution in [0.25, 0.3) is 22.3 Å². The average Bonchev–Trinajstić information content (AvgIpc) is 3.30. The highest BCUT2D eigenvalue weighted by Gasteiger charge is 2.57. The lowest BCUT2D eigenvalue weighted by Gasteiger charge is -2.50. The number of anilines is 2. The van der Waals surface area contributed by atoms with Crippen molar-refractivity contribution in [3.63, 3.8) is 0 Å². The fourth-order valence-electron chi connectivity index (χ4n) is 7.89. The van der Waals surface area contributed by atoms with E-state index in [1.807, 2.05) is 12.1 Å². The monoisotopic (exact) mass is 494 g/mol. The molecule has 1 saturated carbocycles. The fourth-order valence-corrected chi connectivity index (χ4v) is 7.89. The van der Waals surface area contributed by atoms with Crippen LogP contribution < -0.4 is 4.90 Å². The van der Waals surface area contributed by atoms with Gasteiger partial charge in [-0.2, -0.15) is 5.26 Å². The van der Waals surface area contributed by atoms with E-state index >= 15 is 0 Å². The van der Waals surface area contributed by atoms with E-state index in [0.29, 0.717) is 5.56 Å². The third-order valence-corrected chi connectivity index (χ3v) is 10.3. The van der Waals surface area contributed by atoms with Gasteiger partial charge in [0.15, 0.2) is 0 Å². The van der Waals surface area contributed by atoms with Crippen LogP contribution in [0.15, 0.2) is 84.9 Å². The molecule has 0 saturated heterocycles. The molecule has 7 rings (SSSR count). The lowest BCUT2D eigenvalue weighted by molar-refractivity contribution is 0.195. The molecule has 0 radical (unpaired) electrons. The highest BCUT2D eigenvalue weighted by Crippen LogP contribution is 2.61. The lowest BCUT2D eigenvalue weighted by Crippen LogP contribution is -2.54. The van der Waals surface area contributed by atoms with Crippen LogP contribution in [0.5, 0.6) is 0 Å². The molecule has 38 heavy (non-hydrogen) atoms. The second kappa shape index (κ2) is 7.84. The number of hydrogen-bond donors (Lipinski definition) is 0. The van der Waals surface area contributed by atoms with Gasteiger partial charge in [-0.15, -0.1) is 0 Å². The Kier molecular flexibility index (Phi) is 4.81. The number of benzene rings is 4. The minimum atomic E-state index is -0.00102. The smallest absolute Gasteiger partial charge is 0.0991 e. The fraction of sp³-hybridized carbons (Fsp3) is 0.306. The van der Waals surface area contributed by atoms with E-state index in [1.165, 1.54) is 76.0 Å². The molecule has 2 nitrogen and oxygen atoms in total. The first-order valence-corrected chi connectivity index (χ1v) is 14.0. The van der Waals surface area contributed by atoms with Gasteiger partial charge in [0.05, 0.1) is 17.2 Å². The lowest BCUT2D eigenvalue weighted by atomic mass is 9.61. The Morgan fingerprint density at radius 3 is 2.11 bits per heavy atom. The van der Waals surface area contributed by atoms with Gasteiger partial charge >= 0.3 is 0 Å². The molecule has 188 valence electrons. The highest BCUT2D eigenvalue weighted by atomic mass is 15.3. The predicted octanol–water partition coefficient (Wildman–Crippen LogP) is 9.27. The van der Waals surface area contributed by atoms with Gasteiger partial charge in [0.2, 0.25) is 0 Å². The van der Waals surface area contributed by atoms with Crippen molar-refractivity contribution >= 4 is 11.4 Å². The summed E-state index contributed by atoms with van der Waals surface area (Å²) in [6.45, 7) is 9.66. The van der Waals surface area contributed by atoms with Crippen LogP contribution in [0.3, 0.4) is 0 Å². The summed E-state index contributed by atoms with van der Waals surface area (Å²) in [6.07, 6.45) is 4.88.